The third-order valence-electron chi connectivity index (χ3n) is 2.66. The summed E-state index contributed by atoms with van der Waals surface area (Å²) < 4.78 is 10.5. The first kappa shape index (κ1) is 13.5. The molecular weight excluding hydrogens is 312 g/mol. The Morgan fingerprint density at radius 1 is 1.16 bits per heavy atom. The predicted molar refractivity (Wildman–Crippen MR) is 72.4 cm³/mol. The second-order valence-electron chi connectivity index (χ2n) is 3.94. The van der Waals surface area contributed by atoms with Gasteiger partial charge in [-0.25, -0.2) is 4.79 Å². The molecule has 1 heterocycles. The van der Waals surface area contributed by atoms with Crippen molar-refractivity contribution in [1.29, 1.82) is 0 Å². The van der Waals surface area contributed by atoms with Crippen molar-refractivity contribution in [2.75, 3.05) is 7.11 Å². The van der Waals surface area contributed by atoms with E-state index >= 15 is 0 Å². The molecule has 0 bridgehead atoms. The third-order valence-corrected chi connectivity index (χ3v) is 3.15. The lowest BCUT2D eigenvalue weighted by atomic mass is 10.0. The highest BCUT2D eigenvalue weighted by Gasteiger charge is 2.19. The first-order chi connectivity index (χ1) is 9.02. The smallest absolute Gasteiger partial charge is 0.373 e. The van der Waals surface area contributed by atoms with Gasteiger partial charge >= 0.3 is 5.97 Å². The number of furan rings is 1. The van der Waals surface area contributed by atoms with Crippen molar-refractivity contribution in [1.82, 2.24) is 0 Å². The molecule has 0 amide bonds. The first-order valence-corrected chi connectivity index (χ1v) is 6.31. The van der Waals surface area contributed by atoms with Crippen LogP contribution in [0.15, 0.2) is 39.2 Å². The Morgan fingerprint density at radius 2 is 1.84 bits per heavy atom. The molecule has 19 heavy (non-hydrogen) atoms. The number of hydrogen-bond donors (Lipinski definition) is 0. The maximum Gasteiger partial charge on any atom is 0.373 e. The summed E-state index contributed by atoms with van der Waals surface area (Å²) in [7, 11) is 1.25. The van der Waals surface area contributed by atoms with Crippen LogP contribution in [0.25, 0.3) is 0 Å². The van der Waals surface area contributed by atoms with Gasteiger partial charge in [0.2, 0.25) is 11.5 Å². The number of hydrogen-bond acceptors (Lipinski definition) is 4. The van der Waals surface area contributed by atoms with Gasteiger partial charge < -0.3 is 9.15 Å². The molecule has 0 aliphatic carbocycles. The van der Waals surface area contributed by atoms with Crippen molar-refractivity contribution < 1.29 is 18.7 Å². The zero-order valence-corrected chi connectivity index (χ0v) is 12.0. The molecule has 0 saturated heterocycles. The van der Waals surface area contributed by atoms with Crippen LogP contribution in [0.2, 0.25) is 0 Å². The Labute approximate surface area is 118 Å². The Morgan fingerprint density at radius 3 is 2.53 bits per heavy atom. The largest absolute Gasteiger partial charge is 0.463 e. The van der Waals surface area contributed by atoms with Gasteiger partial charge in [0.1, 0.15) is 0 Å². The molecule has 0 aliphatic rings. The fourth-order valence-corrected chi connectivity index (χ4v) is 2.00. The second-order valence-corrected chi connectivity index (χ2v) is 4.86. The average molecular weight is 323 g/mol. The minimum atomic E-state index is -0.606. The molecular formula is C14H11BrO4. The first-order valence-electron chi connectivity index (χ1n) is 5.52. The van der Waals surface area contributed by atoms with E-state index in [-0.39, 0.29) is 17.3 Å². The molecule has 0 saturated carbocycles. The highest BCUT2D eigenvalue weighted by molar-refractivity contribution is 9.10. The van der Waals surface area contributed by atoms with Crippen LogP contribution in [0.3, 0.4) is 0 Å². The lowest BCUT2D eigenvalue weighted by molar-refractivity contribution is 0.0563. The highest BCUT2D eigenvalue weighted by Crippen LogP contribution is 2.20. The normalized spacial score (nSPS) is 10.3. The molecule has 1 aromatic heterocycles. The van der Waals surface area contributed by atoms with E-state index in [2.05, 4.69) is 20.7 Å². The van der Waals surface area contributed by atoms with Gasteiger partial charge in [0.25, 0.3) is 0 Å². The van der Waals surface area contributed by atoms with Crippen LogP contribution in [0.4, 0.5) is 0 Å². The monoisotopic (exact) mass is 322 g/mol. The quantitative estimate of drug-likeness (QED) is 0.642. The van der Waals surface area contributed by atoms with Gasteiger partial charge in [-0.15, -0.1) is 0 Å². The number of ketones is 1. The standard InChI is InChI=1S/C14H11BrO4/c1-8-3-4-9(15)7-10(8)13(16)11-5-6-12(19-11)14(17)18-2/h3-7H,1-2H3. The lowest BCUT2D eigenvalue weighted by Crippen LogP contribution is -2.03. The fourth-order valence-electron chi connectivity index (χ4n) is 1.64. The molecule has 0 N–H and O–H groups in total. The van der Waals surface area contributed by atoms with E-state index in [9.17, 15) is 9.59 Å². The van der Waals surface area contributed by atoms with Crippen molar-refractivity contribution in [2.24, 2.45) is 0 Å². The summed E-state index contributed by atoms with van der Waals surface area (Å²) in [6, 6.07) is 8.30. The minimum absolute atomic E-state index is 0.0125. The van der Waals surface area contributed by atoms with Gasteiger partial charge in [-0.1, -0.05) is 22.0 Å². The SMILES string of the molecule is COC(=O)c1ccc(C(=O)c2cc(Br)ccc2C)o1. The Kier molecular flexibility index (Phi) is 3.85. The molecule has 4 nitrogen and oxygen atoms in total. The van der Waals surface area contributed by atoms with Crippen LogP contribution < -0.4 is 0 Å². The van der Waals surface area contributed by atoms with Crippen molar-refractivity contribution in [2.45, 2.75) is 6.92 Å². The van der Waals surface area contributed by atoms with Crippen LogP contribution in [-0.2, 0) is 4.74 Å². The molecule has 98 valence electrons. The van der Waals surface area contributed by atoms with E-state index in [1.54, 1.807) is 6.07 Å². The predicted octanol–water partition coefficient (Wildman–Crippen LogP) is 3.37. The van der Waals surface area contributed by atoms with Gasteiger partial charge in [0, 0.05) is 10.0 Å². The van der Waals surface area contributed by atoms with Gasteiger partial charge in [0.15, 0.2) is 5.76 Å². The van der Waals surface area contributed by atoms with Gasteiger partial charge in [-0.05, 0) is 36.8 Å². The summed E-state index contributed by atoms with van der Waals surface area (Å²) in [6.07, 6.45) is 0. The summed E-state index contributed by atoms with van der Waals surface area (Å²) in [6.45, 7) is 1.84. The van der Waals surface area contributed by atoms with Crippen LogP contribution in [-0.4, -0.2) is 18.9 Å². The molecule has 0 atom stereocenters. The van der Waals surface area contributed by atoms with Crippen molar-refractivity contribution >= 4 is 27.7 Å². The number of aryl methyl sites for hydroxylation is 1. The van der Waals surface area contributed by atoms with E-state index < -0.39 is 5.97 Å². The van der Waals surface area contributed by atoms with Gasteiger partial charge in [-0.2, -0.15) is 0 Å². The summed E-state index contributed by atoms with van der Waals surface area (Å²) in [5.41, 5.74) is 1.37. The highest BCUT2D eigenvalue weighted by atomic mass is 79.9. The molecule has 5 heteroatoms. The molecule has 2 rings (SSSR count). The number of methoxy groups -OCH3 is 1. The maximum absolute atomic E-state index is 12.3. The fraction of sp³-hybridized carbons (Fsp3) is 0.143. The maximum atomic E-state index is 12.3. The molecule has 2 aromatic rings. The average Bonchev–Trinajstić information content (AvgIpc) is 2.89. The van der Waals surface area contributed by atoms with Gasteiger partial charge in [0.05, 0.1) is 7.11 Å². The topological polar surface area (TPSA) is 56.5 Å². The zero-order valence-electron chi connectivity index (χ0n) is 10.4. The van der Waals surface area contributed by atoms with E-state index in [1.165, 1.54) is 19.2 Å². The molecule has 0 fully saturated rings. The van der Waals surface area contributed by atoms with E-state index in [1.807, 2.05) is 19.1 Å². The molecule has 1 aromatic carbocycles. The van der Waals surface area contributed by atoms with Crippen LogP contribution in [0.1, 0.15) is 32.2 Å². The zero-order chi connectivity index (χ0) is 14.0. The summed E-state index contributed by atoms with van der Waals surface area (Å²) in [4.78, 5) is 23.5. The second kappa shape index (κ2) is 5.40. The summed E-state index contributed by atoms with van der Waals surface area (Å²) in [5.74, 6) is -0.751. The lowest BCUT2D eigenvalue weighted by Gasteiger charge is -2.03. The number of carbonyl (C=O) groups excluding carboxylic acids is 2. The van der Waals surface area contributed by atoms with Crippen LogP contribution in [0, 0.1) is 6.92 Å². The number of halogens is 1. The Hall–Kier alpha value is -1.88. The van der Waals surface area contributed by atoms with Crippen molar-refractivity contribution in [3.05, 3.63) is 57.5 Å². The number of rotatable bonds is 3. The van der Waals surface area contributed by atoms with Crippen molar-refractivity contribution in [3.63, 3.8) is 0 Å². The Balaban J connectivity index is 2.36. The van der Waals surface area contributed by atoms with Crippen molar-refractivity contribution in [3.8, 4) is 0 Å². The van der Waals surface area contributed by atoms with Gasteiger partial charge in [-0.3, -0.25) is 4.79 Å². The number of esters is 1. The number of carbonyl (C=O) groups is 2. The summed E-state index contributed by atoms with van der Waals surface area (Å²) in [5, 5.41) is 0. The Bertz CT molecular complexity index is 643. The minimum Gasteiger partial charge on any atom is -0.463 e. The van der Waals surface area contributed by atoms with E-state index in [0.29, 0.717) is 5.56 Å². The third kappa shape index (κ3) is 2.76. The number of ether oxygens (including phenoxy) is 1. The summed E-state index contributed by atoms with van der Waals surface area (Å²) >= 11 is 3.32. The molecule has 0 unspecified atom stereocenters. The molecule has 0 spiro atoms. The van der Waals surface area contributed by atoms with E-state index in [0.717, 1.165) is 10.0 Å². The molecule has 0 aliphatic heterocycles. The van der Waals surface area contributed by atoms with E-state index in [4.69, 9.17) is 4.42 Å². The van der Waals surface area contributed by atoms with Crippen LogP contribution >= 0.6 is 15.9 Å². The van der Waals surface area contributed by atoms with Crippen LogP contribution in [0.5, 0.6) is 0 Å². The number of benzene rings is 1. The molecule has 0 radical (unpaired) electrons.